The summed E-state index contributed by atoms with van der Waals surface area (Å²) in [6, 6.07) is 0. The zero-order chi connectivity index (χ0) is 6.91. The highest BCUT2D eigenvalue weighted by Gasteiger charge is 2.36. The van der Waals surface area contributed by atoms with E-state index in [1.54, 1.807) is 0 Å². The van der Waals surface area contributed by atoms with Gasteiger partial charge in [-0.2, -0.15) is 0 Å². The molecule has 3 heteroatoms. The summed E-state index contributed by atoms with van der Waals surface area (Å²) in [7, 11) is 1.46. The van der Waals surface area contributed by atoms with Gasteiger partial charge in [-0.1, -0.05) is 0 Å². The number of hydrogen-bond acceptors (Lipinski definition) is 3. The van der Waals surface area contributed by atoms with E-state index in [0.717, 1.165) is 0 Å². The van der Waals surface area contributed by atoms with Crippen molar-refractivity contribution in [1.82, 2.24) is 0 Å². The van der Waals surface area contributed by atoms with E-state index in [4.69, 9.17) is 9.84 Å². The first-order valence-corrected chi connectivity index (χ1v) is 3.12. The fraction of sp³-hybridized carbons (Fsp3) is 1.00. The summed E-state index contributed by atoms with van der Waals surface area (Å²) in [5.74, 6) is -1.04. The Morgan fingerprint density at radius 1 is 1.67 bits per heavy atom. The van der Waals surface area contributed by atoms with Gasteiger partial charge >= 0.3 is 0 Å². The maximum atomic E-state index is 9.29. The smallest absolute Gasteiger partial charge is 0.167 e. The molecule has 2 N–H and O–H groups in total. The Balaban J connectivity index is 2.45. The molecule has 0 spiro atoms. The van der Waals surface area contributed by atoms with Gasteiger partial charge in [0.1, 0.15) is 0 Å². The maximum absolute atomic E-state index is 9.29. The monoisotopic (exact) mass is 132 g/mol. The zero-order valence-electron chi connectivity index (χ0n) is 5.50. The number of hydrogen-bond donors (Lipinski definition) is 2. The molecule has 2 atom stereocenters. The van der Waals surface area contributed by atoms with Crippen LogP contribution in [0.1, 0.15) is 19.3 Å². The molecule has 9 heavy (non-hydrogen) atoms. The first-order valence-electron chi connectivity index (χ1n) is 3.12. The lowest BCUT2D eigenvalue weighted by Crippen LogP contribution is -2.27. The van der Waals surface area contributed by atoms with Crippen molar-refractivity contribution in [2.24, 2.45) is 0 Å². The molecule has 2 unspecified atom stereocenters. The summed E-state index contributed by atoms with van der Waals surface area (Å²) >= 11 is 0. The van der Waals surface area contributed by atoms with Gasteiger partial charge in [0.2, 0.25) is 0 Å². The van der Waals surface area contributed by atoms with Crippen LogP contribution in [0, 0.1) is 0 Å². The van der Waals surface area contributed by atoms with Crippen LogP contribution in [-0.4, -0.2) is 29.2 Å². The third-order valence-electron chi connectivity index (χ3n) is 1.80. The van der Waals surface area contributed by atoms with Crippen LogP contribution in [0.25, 0.3) is 0 Å². The zero-order valence-corrected chi connectivity index (χ0v) is 5.50. The van der Waals surface area contributed by atoms with Crippen LogP contribution >= 0.6 is 0 Å². The Morgan fingerprint density at radius 2 is 2.33 bits per heavy atom. The van der Waals surface area contributed by atoms with E-state index >= 15 is 0 Å². The Bertz CT molecular complexity index is 104. The molecule has 0 aromatic rings. The Kier molecular flexibility index (Phi) is 1.75. The molecule has 0 aromatic carbocycles. The van der Waals surface area contributed by atoms with E-state index in [-0.39, 0.29) is 6.10 Å². The van der Waals surface area contributed by atoms with Gasteiger partial charge in [0.05, 0.1) is 6.10 Å². The van der Waals surface area contributed by atoms with Crippen LogP contribution in [-0.2, 0) is 4.74 Å². The molecule has 1 aliphatic rings. The van der Waals surface area contributed by atoms with Gasteiger partial charge in [0, 0.05) is 20.0 Å². The van der Waals surface area contributed by atoms with E-state index in [1.165, 1.54) is 7.11 Å². The number of aliphatic hydroxyl groups excluding tert-OH is 1. The maximum Gasteiger partial charge on any atom is 0.167 e. The van der Waals surface area contributed by atoms with Crippen LogP contribution in [0.15, 0.2) is 0 Å². The van der Waals surface area contributed by atoms with E-state index in [1.807, 2.05) is 0 Å². The highest BCUT2D eigenvalue weighted by molar-refractivity contribution is 4.80. The van der Waals surface area contributed by atoms with Crippen LogP contribution in [0.3, 0.4) is 0 Å². The Hall–Kier alpha value is -0.120. The average molecular weight is 132 g/mol. The molecule has 3 nitrogen and oxygen atoms in total. The standard InChI is InChI=1S/C6H12O3/c1-9-6(8)3-2-5(7)4-6/h5,7-8H,2-4H2,1H3. The van der Waals surface area contributed by atoms with Crippen molar-refractivity contribution >= 4 is 0 Å². The normalized spacial score (nSPS) is 43.7. The number of rotatable bonds is 1. The summed E-state index contributed by atoms with van der Waals surface area (Å²) in [5.41, 5.74) is 0. The summed E-state index contributed by atoms with van der Waals surface area (Å²) in [5, 5.41) is 18.2. The van der Waals surface area contributed by atoms with E-state index < -0.39 is 5.79 Å². The van der Waals surface area contributed by atoms with Crippen molar-refractivity contribution in [2.45, 2.75) is 31.2 Å². The van der Waals surface area contributed by atoms with Crippen LogP contribution < -0.4 is 0 Å². The van der Waals surface area contributed by atoms with Crippen molar-refractivity contribution in [3.8, 4) is 0 Å². The second-order valence-corrected chi connectivity index (χ2v) is 2.55. The summed E-state index contributed by atoms with van der Waals surface area (Å²) < 4.78 is 4.76. The van der Waals surface area contributed by atoms with Crippen molar-refractivity contribution in [3.63, 3.8) is 0 Å². The van der Waals surface area contributed by atoms with E-state index in [0.29, 0.717) is 19.3 Å². The van der Waals surface area contributed by atoms with Crippen LogP contribution in [0.5, 0.6) is 0 Å². The average Bonchev–Trinajstić information content (AvgIpc) is 2.13. The fourth-order valence-corrected chi connectivity index (χ4v) is 1.15. The minimum Gasteiger partial charge on any atom is -0.393 e. The molecule has 1 saturated carbocycles. The van der Waals surface area contributed by atoms with E-state index in [2.05, 4.69) is 0 Å². The Labute approximate surface area is 54.3 Å². The molecule has 1 fully saturated rings. The molecule has 0 saturated heterocycles. The minimum absolute atomic E-state index is 0.351. The lowest BCUT2D eigenvalue weighted by Gasteiger charge is -2.19. The largest absolute Gasteiger partial charge is 0.393 e. The van der Waals surface area contributed by atoms with Gasteiger partial charge < -0.3 is 14.9 Å². The van der Waals surface area contributed by atoms with Crippen molar-refractivity contribution in [3.05, 3.63) is 0 Å². The molecule has 0 aromatic heterocycles. The topological polar surface area (TPSA) is 49.7 Å². The van der Waals surface area contributed by atoms with Gasteiger partial charge in [-0.25, -0.2) is 0 Å². The lowest BCUT2D eigenvalue weighted by molar-refractivity contribution is -0.182. The lowest BCUT2D eigenvalue weighted by atomic mass is 10.2. The summed E-state index contributed by atoms with van der Waals surface area (Å²) in [6.07, 6.45) is 1.16. The molecule has 0 radical (unpaired) electrons. The van der Waals surface area contributed by atoms with Crippen LogP contribution in [0.4, 0.5) is 0 Å². The van der Waals surface area contributed by atoms with Gasteiger partial charge in [-0.15, -0.1) is 0 Å². The fourth-order valence-electron chi connectivity index (χ4n) is 1.15. The molecule has 1 aliphatic carbocycles. The molecule has 0 bridgehead atoms. The van der Waals surface area contributed by atoms with Gasteiger partial charge in [-0.3, -0.25) is 0 Å². The number of methoxy groups -OCH3 is 1. The van der Waals surface area contributed by atoms with E-state index in [9.17, 15) is 5.11 Å². The first-order chi connectivity index (χ1) is 4.16. The van der Waals surface area contributed by atoms with Gasteiger partial charge in [-0.05, 0) is 6.42 Å². The first kappa shape index (κ1) is 6.99. The second kappa shape index (κ2) is 2.25. The van der Waals surface area contributed by atoms with Crippen molar-refractivity contribution in [1.29, 1.82) is 0 Å². The third-order valence-corrected chi connectivity index (χ3v) is 1.80. The second-order valence-electron chi connectivity index (χ2n) is 2.55. The molecular weight excluding hydrogens is 120 g/mol. The highest BCUT2D eigenvalue weighted by Crippen LogP contribution is 2.29. The van der Waals surface area contributed by atoms with Gasteiger partial charge in [0.15, 0.2) is 5.79 Å². The predicted molar refractivity (Wildman–Crippen MR) is 31.8 cm³/mol. The summed E-state index contributed by atoms with van der Waals surface area (Å²) in [6.45, 7) is 0. The summed E-state index contributed by atoms with van der Waals surface area (Å²) in [4.78, 5) is 0. The predicted octanol–water partition coefficient (Wildman–Crippen LogP) is -0.134. The van der Waals surface area contributed by atoms with Crippen molar-refractivity contribution < 1.29 is 14.9 Å². The van der Waals surface area contributed by atoms with Crippen LogP contribution in [0.2, 0.25) is 0 Å². The molecule has 0 aliphatic heterocycles. The molecule has 1 rings (SSSR count). The molecule has 54 valence electrons. The molecule has 0 amide bonds. The quantitative estimate of drug-likeness (QED) is 0.488. The molecular formula is C6H12O3. The minimum atomic E-state index is -1.04. The number of ether oxygens (including phenoxy) is 1. The van der Waals surface area contributed by atoms with Gasteiger partial charge in [0.25, 0.3) is 0 Å². The third kappa shape index (κ3) is 1.41. The Morgan fingerprint density at radius 3 is 2.56 bits per heavy atom. The SMILES string of the molecule is COC1(O)CCC(O)C1. The highest BCUT2D eigenvalue weighted by atomic mass is 16.6. The number of aliphatic hydroxyl groups is 2. The molecule has 0 heterocycles. The van der Waals surface area contributed by atoms with Crippen molar-refractivity contribution in [2.75, 3.05) is 7.11 Å².